The summed E-state index contributed by atoms with van der Waals surface area (Å²) in [5.41, 5.74) is 0.633. The number of nitrogens with one attached hydrogen (secondary N) is 2. The molecule has 1 aliphatic heterocycles. The number of rotatable bonds is 6. The van der Waals surface area contributed by atoms with Gasteiger partial charge in [-0.25, -0.2) is 4.79 Å². The van der Waals surface area contributed by atoms with Gasteiger partial charge >= 0.3 is 6.03 Å². The van der Waals surface area contributed by atoms with Gasteiger partial charge in [0.1, 0.15) is 5.69 Å². The molecule has 0 saturated heterocycles. The molecule has 9 heteroatoms. The van der Waals surface area contributed by atoms with Gasteiger partial charge in [0.25, 0.3) is 17.5 Å². The number of urea groups is 1. The monoisotopic (exact) mass is 368 g/mol. The van der Waals surface area contributed by atoms with Crippen molar-refractivity contribution in [2.24, 2.45) is 0 Å². The van der Waals surface area contributed by atoms with E-state index < -0.39 is 11.0 Å². The third kappa shape index (κ3) is 3.76. The maximum atomic E-state index is 12.2. The van der Waals surface area contributed by atoms with Gasteiger partial charge in [-0.1, -0.05) is 24.3 Å². The lowest BCUT2D eigenvalue weighted by molar-refractivity contribution is -0.383. The highest BCUT2D eigenvalue weighted by Gasteiger charge is 2.34. The van der Waals surface area contributed by atoms with E-state index in [1.165, 1.54) is 18.2 Å². The van der Waals surface area contributed by atoms with E-state index in [4.69, 9.17) is 0 Å². The second-order valence-corrected chi connectivity index (χ2v) is 5.82. The summed E-state index contributed by atoms with van der Waals surface area (Å²) in [5, 5.41) is 15.9. The Morgan fingerprint density at radius 1 is 1.00 bits per heavy atom. The summed E-state index contributed by atoms with van der Waals surface area (Å²) >= 11 is 0. The molecule has 1 aliphatic rings. The molecule has 0 bridgehead atoms. The van der Waals surface area contributed by atoms with Crippen molar-refractivity contribution in [3.63, 3.8) is 0 Å². The van der Waals surface area contributed by atoms with Crippen LogP contribution in [0.2, 0.25) is 0 Å². The Kier molecular flexibility index (Phi) is 5.11. The molecule has 4 amide bonds. The second-order valence-electron chi connectivity index (χ2n) is 5.82. The number of hydrogen-bond acceptors (Lipinski definition) is 5. The number of benzene rings is 2. The molecule has 1 heterocycles. The first kappa shape index (κ1) is 18.1. The number of anilines is 1. The van der Waals surface area contributed by atoms with E-state index in [0.717, 1.165) is 4.90 Å². The van der Waals surface area contributed by atoms with E-state index in [-0.39, 0.29) is 36.3 Å². The van der Waals surface area contributed by atoms with E-state index in [1.807, 2.05) is 0 Å². The third-order valence-electron chi connectivity index (χ3n) is 4.07. The summed E-state index contributed by atoms with van der Waals surface area (Å²) in [4.78, 5) is 47.8. The molecule has 0 spiro atoms. The highest BCUT2D eigenvalue weighted by Crippen LogP contribution is 2.23. The van der Waals surface area contributed by atoms with Crippen LogP contribution in [0.3, 0.4) is 0 Å². The smallest absolute Gasteiger partial charge is 0.319 e. The van der Waals surface area contributed by atoms with Crippen LogP contribution in [0, 0.1) is 10.1 Å². The topological polar surface area (TPSA) is 122 Å². The fraction of sp³-hybridized carbons (Fsp3) is 0.167. The first-order valence-electron chi connectivity index (χ1n) is 8.22. The van der Waals surface area contributed by atoms with Crippen LogP contribution in [0.15, 0.2) is 48.5 Å². The Morgan fingerprint density at radius 3 is 2.22 bits per heavy atom. The van der Waals surface area contributed by atoms with Gasteiger partial charge in [0, 0.05) is 19.2 Å². The number of carbonyl (C=O) groups excluding carboxylic acids is 3. The van der Waals surface area contributed by atoms with Crippen LogP contribution in [0.25, 0.3) is 0 Å². The highest BCUT2D eigenvalue weighted by atomic mass is 16.6. The molecule has 0 aliphatic carbocycles. The summed E-state index contributed by atoms with van der Waals surface area (Å²) in [6.45, 7) is 0.359. The van der Waals surface area contributed by atoms with Crippen LogP contribution in [0.1, 0.15) is 27.1 Å². The molecular weight excluding hydrogens is 352 g/mol. The normalized spacial score (nSPS) is 12.7. The molecule has 0 saturated carbocycles. The molecule has 0 aromatic heterocycles. The standard InChI is InChI=1S/C18H16N4O5/c23-16-12-6-1-2-7-13(12)17(24)21(16)11-5-10-19-18(25)20-14-8-3-4-9-15(14)22(26)27/h1-4,6-9H,5,10-11H2,(H2,19,20,25). The van der Waals surface area contributed by atoms with E-state index in [0.29, 0.717) is 17.5 Å². The maximum absolute atomic E-state index is 12.2. The minimum Gasteiger partial charge on any atom is -0.338 e. The quantitative estimate of drug-likeness (QED) is 0.351. The molecule has 2 aromatic carbocycles. The largest absolute Gasteiger partial charge is 0.338 e. The van der Waals surface area contributed by atoms with Crippen molar-refractivity contribution in [1.82, 2.24) is 10.2 Å². The maximum Gasteiger partial charge on any atom is 0.319 e. The molecule has 0 fully saturated rings. The lowest BCUT2D eigenvalue weighted by Crippen LogP contribution is -2.35. The highest BCUT2D eigenvalue weighted by molar-refractivity contribution is 6.21. The number of para-hydroxylation sites is 2. The average Bonchev–Trinajstić information content (AvgIpc) is 2.90. The SMILES string of the molecule is O=C(NCCCN1C(=O)c2ccccc2C1=O)Nc1ccccc1[N+](=O)[O-]. The molecule has 27 heavy (non-hydrogen) atoms. The van der Waals surface area contributed by atoms with Crippen LogP contribution in [-0.4, -0.2) is 40.8 Å². The van der Waals surface area contributed by atoms with Crippen molar-refractivity contribution < 1.29 is 19.3 Å². The molecule has 0 unspecified atom stereocenters. The summed E-state index contributed by atoms with van der Waals surface area (Å²) in [5.74, 6) is -0.695. The molecular formula is C18H16N4O5. The number of amides is 4. The summed E-state index contributed by atoms with van der Waals surface area (Å²) < 4.78 is 0. The lowest BCUT2D eigenvalue weighted by atomic mass is 10.1. The molecule has 138 valence electrons. The Bertz CT molecular complexity index is 892. The first-order chi connectivity index (χ1) is 13.0. The van der Waals surface area contributed by atoms with Gasteiger partial charge in [0.05, 0.1) is 16.1 Å². The lowest BCUT2D eigenvalue weighted by Gasteiger charge is -2.14. The number of hydrogen-bond donors (Lipinski definition) is 2. The van der Waals surface area contributed by atoms with Crippen molar-refractivity contribution in [3.05, 3.63) is 69.8 Å². The first-order valence-corrected chi connectivity index (χ1v) is 8.22. The molecule has 9 nitrogen and oxygen atoms in total. The minimum atomic E-state index is -0.605. The van der Waals surface area contributed by atoms with Gasteiger partial charge < -0.3 is 10.6 Å². The van der Waals surface area contributed by atoms with Crippen LogP contribution < -0.4 is 10.6 Å². The molecule has 2 aromatic rings. The van der Waals surface area contributed by atoms with Crippen molar-refractivity contribution in [2.45, 2.75) is 6.42 Å². The fourth-order valence-corrected chi connectivity index (χ4v) is 2.79. The Morgan fingerprint density at radius 2 is 1.59 bits per heavy atom. The molecule has 0 radical (unpaired) electrons. The second kappa shape index (κ2) is 7.65. The zero-order valence-electron chi connectivity index (χ0n) is 14.2. The molecule has 0 atom stereocenters. The van der Waals surface area contributed by atoms with Crippen molar-refractivity contribution in [3.8, 4) is 0 Å². The predicted molar refractivity (Wildman–Crippen MR) is 96.5 cm³/mol. The predicted octanol–water partition coefficient (Wildman–Crippen LogP) is 2.40. The number of nitro benzene ring substituents is 1. The van der Waals surface area contributed by atoms with Gasteiger partial charge in [-0.05, 0) is 24.6 Å². The van der Waals surface area contributed by atoms with Crippen molar-refractivity contribution >= 4 is 29.2 Å². The Balaban J connectivity index is 1.49. The average molecular weight is 368 g/mol. The van der Waals surface area contributed by atoms with Crippen molar-refractivity contribution in [1.29, 1.82) is 0 Å². The van der Waals surface area contributed by atoms with Gasteiger partial charge in [-0.2, -0.15) is 0 Å². The van der Waals surface area contributed by atoms with Gasteiger partial charge in [-0.15, -0.1) is 0 Å². The minimum absolute atomic E-state index is 0.0837. The number of imide groups is 1. The van der Waals surface area contributed by atoms with Crippen LogP contribution in [-0.2, 0) is 0 Å². The summed E-state index contributed by atoms with van der Waals surface area (Å²) in [6.07, 6.45) is 0.357. The Labute approximate surface area is 154 Å². The number of nitrogens with zero attached hydrogens (tertiary/aromatic N) is 2. The van der Waals surface area contributed by atoms with E-state index >= 15 is 0 Å². The van der Waals surface area contributed by atoms with Crippen LogP contribution >= 0.6 is 0 Å². The van der Waals surface area contributed by atoms with E-state index in [9.17, 15) is 24.5 Å². The molecule has 3 rings (SSSR count). The van der Waals surface area contributed by atoms with Crippen molar-refractivity contribution in [2.75, 3.05) is 18.4 Å². The number of carbonyl (C=O) groups is 3. The van der Waals surface area contributed by atoms with Crippen LogP contribution in [0.5, 0.6) is 0 Å². The number of fused-ring (bicyclic) bond motifs is 1. The fourth-order valence-electron chi connectivity index (χ4n) is 2.79. The van der Waals surface area contributed by atoms with Crippen LogP contribution in [0.4, 0.5) is 16.2 Å². The Hall–Kier alpha value is -3.75. The summed E-state index contributed by atoms with van der Waals surface area (Å²) in [6, 6.07) is 11.8. The molecule has 2 N–H and O–H groups in total. The van der Waals surface area contributed by atoms with Gasteiger partial charge in [0.15, 0.2) is 0 Å². The van der Waals surface area contributed by atoms with Gasteiger partial charge in [-0.3, -0.25) is 24.6 Å². The number of nitro groups is 1. The van der Waals surface area contributed by atoms with Gasteiger partial charge in [0.2, 0.25) is 0 Å². The third-order valence-corrected chi connectivity index (χ3v) is 4.07. The zero-order valence-corrected chi connectivity index (χ0v) is 14.2. The summed E-state index contributed by atoms with van der Waals surface area (Å²) in [7, 11) is 0. The van der Waals surface area contributed by atoms with E-state index in [1.54, 1.807) is 30.3 Å². The van der Waals surface area contributed by atoms with E-state index in [2.05, 4.69) is 10.6 Å². The zero-order chi connectivity index (χ0) is 19.4.